The highest BCUT2D eigenvalue weighted by Crippen LogP contribution is 2.27. The standard InChI is InChI=1S/C12H17ClFN3O3S/c1-7(2)16-11(18)6-17(3)21(19,20)10-5-8(13)4-9(15)12(10)14/h4-5,7H,6,15H2,1-3H3,(H,16,18). The minimum atomic E-state index is -4.21. The number of rotatable bonds is 5. The third-order valence-electron chi connectivity index (χ3n) is 2.54. The van der Waals surface area contributed by atoms with E-state index in [2.05, 4.69) is 5.32 Å². The first-order valence-corrected chi connectivity index (χ1v) is 7.87. The Morgan fingerprint density at radius 1 is 1.48 bits per heavy atom. The van der Waals surface area contributed by atoms with Crippen LogP contribution in [-0.4, -0.2) is 38.3 Å². The summed E-state index contributed by atoms with van der Waals surface area (Å²) in [6.45, 7) is 3.04. The number of carbonyl (C=O) groups excluding carboxylic acids is 1. The van der Waals surface area contributed by atoms with Gasteiger partial charge in [-0.2, -0.15) is 4.31 Å². The van der Waals surface area contributed by atoms with Crippen molar-refractivity contribution in [3.8, 4) is 0 Å². The van der Waals surface area contributed by atoms with E-state index in [0.717, 1.165) is 16.4 Å². The van der Waals surface area contributed by atoms with Gasteiger partial charge in [0.1, 0.15) is 4.90 Å². The normalized spacial score (nSPS) is 12.0. The predicted molar refractivity (Wildman–Crippen MR) is 78.9 cm³/mol. The second-order valence-corrected chi connectivity index (χ2v) is 7.24. The van der Waals surface area contributed by atoms with Crippen LogP contribution in [0.15, 0.2) is 17.0 Å². The largest absolute Gasteiger partial charge is 0.396 e. The van der Waals surface area contributed by atoms with Gasteiger partial charge < -0.3 is 11.1 Å². The minimum absolute atomic E-state index is 0.00694. The number of sulfonamides is 1. The molecule has 3 N–H and O–H groups in total. The Bertz CT molecular complexity index is 649. The van der Waals surface area contributed by atoms with Crippen molar-refractivity contribution in [2.24, 2.45) is 0 Å². The zero-order chi connectivity index (χ0) is 16.4. The van der Waals surface area contributed by atoms with E-state index in [9.17, 15) is 17.6 Å². The van der Waals surface area contributed by atoms with E-state index in [1.54, 1.807) is 13.8 Å². The molecule has 0 saturated heterocycles. The lowest BCUT2D eigenvalue weighted by molar-refractivity contribution is -0.121. The second kappa shape index (κ2) is 6.59. The van der Waals surface area contributed by atoms with Gasteiger partial charge in [0.15, 0.2) is 5.82 Å². The average molecular weight is 338 g/mol. The highest BCUT2D eigenvalue weighted by atomic mass is 35.5. The molecule has 0 bridgehead atoms. The van der Waals surface area contributed by atoms with Crippen molar-refractivity contribution in [3.05, 3.63) is 23.0 Å². The SMILES string of the molecule is CC(C)NC(=O)CN(C)S(=O)(=O)c1cc(Cl)cc(N)c1F. The van der Waals surface area contributed by atoms with Gasteiger partial charge in [-0.05, 0) is 26.0 Å². The topological polar surface area (TPSA) is 92.5 Å². The molecular weight excluding hydrogens is 321 g/mol. The van der Waals surface area contributed by atoms with Crippen LogP contribution in [0.2, 0.25) is 5.02 Å². The Morgan fingerprint density at radius 2 is 2.05 bits per heavy atom. The number of amides is 1. The fraction of sp³-hybridized carbons (Fsp3) is 0.417. The van der Waals surface area contributed by atoms with Gasteiger partial charge in [-0.3, -0.25) is 4.79 Å². The van der Waals surface area contributed by atoms with E-state index in [4.69, 9.17) is 17.3 Å². The Balaban J connectivity index is 3.09. The summed E-state index contributed by atoms with van der Waals surface area (Å²) in [5.74, 6) is -1.58. The lowest BCUT2D eigenvalue weighted by Gasteiger charge is -2.18. The van der Waals surface area contributed by atoms with Crippen molar-refractivity contribution in [1.82, 2.24) is 9.62 Å². The number of carbonyl (C=O) groups is 1. The smallest absolute Gasteiger partial charge is 0.246 e. The molecule has 0 atom stereocenters. The molecule has 0 heterocycles. The lowest BCUT2D eigenvalue weighted by Crippen LogP contribution is -2.41. The Kier molecular flexibility index (Phi) is 5.54. The fourth-order valence-corrected chi connectivity index (χ4v) is 3.13. The van der Waals surface area contributed by atoms with Gasteiger partial charge in [0.05, 0.1) is 12.2 Å². The number of nitrogens with two attached hydrogens (primary N) is 1. The number of hydrogen-bond donors (Lipinski definition) is 2. The van der Waals surface area contributed by atoms with Crippen molar-refractivity contribution in [2.75, 3.05) is 19.3 Å². The van der Waals surface area contributed by atoms with Crippen molar-refractivity contribution >= 4 is 33.2 Å². The van der Waals surface area contributed by atoms with Crippen molar-refractivity contribution in [1.29, 1.82) is 0 Å². The molecule has 0 aliphatic rings. The maximum absolute atomic E-state index is 13.9. The third kappa shape index (κ3) is 4.29. The number of likely N-dealkylation sites (N-methyl/N-ethyl adjacent to an activating group) is 1. The molecule has 9 heteroatoms. The van der Waals surface area contributed by atoms with E-state index in [0.29, 0.717) is 0 Å². The van der Waals surface area contributed by atoms with Crippen LogP contribution in [0, 0.1) is 5.82 Å². The molecule has 21 heavy (non-hydrogen) atoms. The first-order valence-electron chi connectivity index (χ1n) is 6.06. The number of halogens is 2. The molecule has 0 unspecified atom stereocenters. The van der Waals surface area contributed by atoms with E-state index >= 15 is 0 Å². The molecule has 0 fully saturated rings. The molecule has 1 amide bonds. The summed E-state index contributed by atoms with van der Waals surface area (Å²) in [5.41, 5.74) is 4.99. The number of nitrogen functional groups attached to an aromatic ring is 1. The molecule has 0 radical (unpaired) electrons. The van der Waals surface area contributed by atoms with Gasteiger partial charge in [-0.15, -0.1) is 0 Å². The van der Waals surface area contributed by atoms with Crippen LogP contribution < -0.4 is 11.1 Å². The summed E-state index contributed by atoms with van der Waals surface area (Å²) in [5, 5.41) is 2.54. The van der Waals surface area contributed by atoms with Crippen LogP contribution in [-0.2, 0) is 14.8 Å². The third-order valence-corrected chi connectivity index (χ3v) is 4.56. The lowest BCUT2D eigenvalue weighted by atomic mass is 10.3. The quantitative estimate of drug-likeness (QED) is 0.790. The van der Waals surface area contributed by atoms with Crippen LogP contribution in [0.4, 0.5) is 10.1 Å². The molecule has 0 aromatic heterocycles. The molecule has 0 saturated carbocycles. The van der Waals surface area contributed by atoms with Crippen LogP contribution in [0.5, 0.6) is 0 Å². The van der Waals surface area contributed by atoms with Gasteiger partial charge >= 0.3 is 0 Å². The number of nitrogens with zero attached hydrogens (tertiary/aromatic N) is 1. The summed E-state index contributed by atoms with van der Waals surface area (Å²) < 4.78 is 39.2. The van der Waals surface area contributed by atoms with Crippen LogP contribution in [0.25, 0.3) is 0 Å². The zero-order valence-electron chi connectivity index (χ0n) is 11.9. The maximum Gasteiger partial charge on any atom is 0.246 e. The monoisotopic (exact) mass is 337 g/mol. The number of anilines is 1. The summed E-state index contributed by atoms with van der Waals surface area (Å²) in [6.07, 6.45) is 0. The van der Waals surface area contributed by atoms with Crippen LogP contribution in [0.1, 0.15) is 13.8 Å². The van der Waals surface area contributed by atoms with Crippen LogP contribution in [0.3, 0.4) is 0 Å². The molecule has 0 aliphatic carbocycles. The minimum Gasteiger partial charge on any atom is -0.396 e. The van der Waals surface area contributed by atoms with Gasteiger partial charge in [-0.25, -0.2) is 12.8 Å². The highest BCUT2D eigenvalue weighted by molar-refractivity contribution is 7.89. The highest BCUT2D eigenvalue weighted by Gasteiger charge is 2.27. The summed E-state index contributed by atoms with van der Waals surface area (Å²) in [7, 11) is -3.04. The first-order chi connectivity index (χ1) is 9.55. The molecule has 0 aliphatic heterocycles. The molecular formula is C12H17ClFN3O3S. The van der Waals surface area contributed by atoms with E-state index in [-0.39, 0.29) is 16.8 Å². The van der Waals surface area contributed by atoms with Gasteiger partial charge in [0.25, 0.3) is 0 Å². The first kappa shape index (κ1) is 17.7. The van der Waals surface area contributed by atoms with Crippen LogP contribution >= 0.6 is 11.6 Å². The van der Waals surface area contributed by atoms with Crippen molar-refractivity contribution in [3.63, 3.8) is 0 Å². The number of hydrogen-bond acceptors (Lipinski definition) is 4. The Morgan fingerprint density at radius 3 is 2.57 bits per heavy atom. The maximum atomic E-state index is 13.9. The average Bonchev–Trinajstić information content (AvgIpc) is 2.32. The summed E-state index contributed by atoms with van der Waals surface area (Å²) >= 11 is 5.70. The van der Waals surface area contributed by atoms with Crippen molar-refractivity contribution in [2.45, 2.75) is 24.8 Å². The van der Waals surface area contributed by atoms with Gasteiger partial charge in [0.2, 0.25) is 15.9 Å². The second-order valence-electron chi connectivity index (χ2n) is 4.79. The molecule has 6 nitrogen and oxygen atoms in total. The summed E-state index contributed by atoms with van der Waals surface area (Å²) in [4.78, 5) is 10.9. The van der Waals surface area contributed by atoms with Gasteiger partial charge in [0, 0.05) is 18.1 Å². The number of nitrogens with one attached hydrogen (secondary N) is 1. The molecule has 1 rings (SSSR count). The van der Waals surface area contributed by atoms with E-state index in [1.807, 2.05) is 0 Å². The molecule has 0 spiro atoms. The molecule has 118 valence electrons. The molecule has 1 aromatic carbocycles. The zero-order valence-corrected chi connectivity index (χ0v) is 13.4. The fourth-order valence-electron chi connectivity index (χ4n) is 1.59. The Hall–Kier alpha value is -1.38. The molecule has 1 aromatic rings. The number of benzene rings is 1. The van der Waals surface area contributed by atoms with Crippen molar-refractivity contribution < 1.29 is 17.6 Å². The van der Waals surface area contributed by atoms with E-state index in [1.165, 1.54) is 7.05 Å². The van der Waals surface area contributed by atoms with E-state index < -0.39 is 33.2 Å². The van der Waals surface area contributed by atoms with Gasteiger partial charge in [-0.1, -0.05) is 11.6 Å². The Labute approximate surface area is 128 Å². The predicted octanol–water partition coefficient (Wildman–Crippen LogP) is 1.21. The summed E-state index contributed by atoms with van der Waals surface area (Å²) in [6, 6.07) is 1.94.